The molecule has 0 fully saturated rings. The van der Waals surface area contributed by atoms with Crippen molar-refractivity contribution in [3.8, 4) is 0 Å². The summed E-state index contributed by atoms with van der Waals surface area (Å²) >= 11 is 0. The first-order valence-corrected chi connectivity index (χ1v) is 7.57. The summed E-state index contributed by atoms with van der Waals surface area (Å²) in [6.07, 6.45) is 0.922. The zero-order valence-corrected chi connectivity index (χ0v) is 13.3. The molecule has 1 atom stereocenters. The SMILES string of the molecule is CCNC(Cc1ccccc1C)c1cc(C)c(F)c(C)c1. The molecule has 2 aromatic rings. The Labute approximate surface area is 127 Å². The van der Waals surface area contributed by atoms with Crippen molar-refractivity contribution in [1.29, 1.82) is 0 Å². The lowest BCUT2D eigenvalue weighted by molar-refractivity contribution is 0.544. The van der Waals surface area contributed by atoms with Crippen molar-refractivity contribution in [3.05, 3.63) is 70.0 Å². The Kier molecular flexibility index (Phi) is 5.13. The Balaban J connectivity index is 2.33. The maximum Gasteiger partial charge on any atom is 0.129 e. The third-order valence-electron chi connectivity index (χ3n) is 4.00. The number of nitrogens with one attached hydrogen (secondary N) is 1. The largest absolute Gasteiger partial charge is 0.310 e. The molecule has 0 heterocycles. The molecule has 112 valence electrons. The van der Waals surface area contributed by atoms with Crippen molar-refractivity contribution >= 4 is 0 Å². The van der Waals surface area contributed by atoms with Crippen LogP contribution in [0, 0.1) is 26.6 Å². The third-order valence-corrected chi connectivity index (χ3v) is 4.00. The molecule has 0 spiro atoms. The Morgan fingerprint density at radius 1 is 1.00 bits per heavy atom. The maximum absolute atomic E-state index is 13.8. The fourth-order valence-electron chi connectivity index (χ4n) is 2.79. The van der Waals surface area contributed by atoms with Gasteiger partial charge in [-0.1, -0.05) is 43.3 Å². The Morgan fingerprint density at radius 3 is 2.19 bits per heavy atom. The van der Waals surface area contributed by atoms with Gasteiger partial charge in [0, 0.05) is 6.04 Å². The average molecular weight is 285 g/mol. The van der Waals surface area contributed by atoms with Crippen molar-refractivity contribution in [3.63, 3.8) is 0 Å². The first-order chi connectivity index (χ1) is 10.0. The molecule has 0 aliphatic heterocycles. The summed E-state index contributed by atoms with van der Waals surface area (Å²) in [6.45, 7) is 8.81. The van der Waals surface area contributed by atoms with Crippen molar-refractivity contribution in [2.75, 3.05) is 6.54 Å². The van der Waals surface area contributed by atoms with Crippen LogP contribution in [0.15, 0.2) is 36.4 Å². The minimum absolute atomic E-state index is 0.0927. The molecule has 0 saturated heterocycles. The molecule has 1 unspecified atom stereocenters. The normalized spacial score (nSPS) is 12.4. The molecule has 0 aromatic heterocycles. The van der Waals surface area contributed by atoms with Crippen LogP contribution in [0.5, 0.6) is 0 Å². The van der Waals surface area contributed by atoms with Crippen LogP contribution in [0.25, 0.3) is 0 Å². The lowest BCUT2D eigenvalue weighted by atomic mass is 9.94. The number of aryl methyl sites for hydroxylation is 3. The second-order valence-electron chi connectivity index (χ2n) is 5.71. The smallest absolute Gasteiger partial charge is 0.129 e. The Bertz CT molecular complexity index is 596. The molecule has 0 radical (unpaired) electrons. The first-order valence-electron chi connectivity index (χ1n) is 7.57. The van der Waals surface area contributed by atoms with Crippen LogP contribution in [0.3, 0.4) is 0 Å². The van der Waals surface area contributed by atoms with Crippen LogP contribution in [0.4, 0.5) is 4.39 Å². The third kappa shape index (κ3) is 3.70. The van der Waals surface area contributed by atoms with Gasteiger partial charge in [0.2, 0.25) is 0 Å². The van der Waals surface area contributed by atoms with Gasteiger partial charge >= 0.3 is 0 Å². The predicted molar refractivity (Wildman–Crippen MR) is 87.2 cm³/mol. The molecule has 1 N–H and O–H groups in total. The molecule has 0 amide bonds. The zero-order valence-electron chi connectivity index (χ0n) is 13.3. The second kappa shape index (κ2) is 6.86. The van der Waals surface area contributed by atoms with Crippen molar-refractivity contribution < 1.29 is 4.39 Å². The van der Waals surface area contributed by atoms with Crippen molar-refractivity contribution in [2.24, 2.45) is 0 Å². The Hall–Kier alpha value is -1.67. The van der Waals surface area contributed by atoms with Crippen LogP contribution >= 0.6 is 0 Å². The molecule has 2 heteroatoms. The highest BCUT2D eigenvalue weighted by Gasteiger charge is 2.15. The quantitative estimate of drug-likeness (QED) is 0.843. The molecule has 0 bridgehead atoms. The van der Waals surface area contributed by atoms with Gasteiger partial charge in [-0.05, 0) is 61.6 Å². The van der Waals surface area contributed by atoms with Crippen LogP contribution in [0.1, 0.15) is 40.8 Å². The van der Waals surface area contributed by atoms with E-state index in [0.29, 0.717) is 0 Å². The molecule has 0 saturated carbocycles. The number of benzene rings is 2. The lowest BCUT2D eigenvalue weighted by Gasteiger charge is -2.21. The minimum atomic E-state index is -0.0927. The fraction of sp³-hybridized carbons (Fsp3) is 0.368. The van der Waals surface area contributed by atoms with Gasteiger partial charge in [-0.3, -0.25) is 0 Å². The molecule has 21 heavy (non-hydrogen) atoms. The van der Waals surface area contributed by atoms with E-state index in [9.17, 15) is 4.39 Å². The van der Waals surface area contributed by atoms with E-state index in [2.05, 4.69) is 43.4 Å². The highest BCUT2D eigenvalue weighted by molar-refractivity contribution is 5.34. The van der Waals surface area contributed by atoms with E-state index < -0.39 is 0 Å². The highest BCUT2D eigenvalue weighted by Crippen LogP contribution is 2.24. The zero-order chi connectivity index (χ0) is 15.4. The Morgan fingerprint density at radius 2 is 1.62 bits per heavy atom. The van der Waals surface area contributed by atoms with E-state index in [1.807, 2.05) is 26.0 Å². The van der Waals surface area contributed by atoms with E-state index in [-0.39, 0.29) is 11.9 Å². The summed E-state index contributed by atoms with van der Waals surface area (Å²) in [6, 6.07) is 12.6. The number of rotatable bonds is 5. The number of hydrogen-bond donors (Lipinski definition) is 1. The van der Waals surface area contributed by atoms with Crippen molar-refractivity contribution in [2.45, 2.75) is 40.2 Å². The van der Waals surface area contributed by atoms with Gasteiger partial charge in [0.05, 0.1) is 0 Å². The van der Waals surface area contributed by atoms with Gasteiger partial charge in [-0.25, -0.2) is 4.39 Å². The van der Waals surface area contributed by atoms with Gasteiger partial charge in [0.15, 0.2) is 0 Å². The topological polar surface area (TPSA) is 12.0 Å². The van der Waals surface area contributed by atoms with Gasteiger partial charge in [0.1, 0.15) is 5.82 Å². The molecular weight excluding hydrogens is 261 g/mol. The van der Waals surface area contributed by atoms with Gasteiger partial charge < -0.3 is 5.32 Å². The van der Waals surface area contributed by atoms with E-state index in [0.717, 1.165) is 29.7 Å². The van der Waals surface area contributed by atoms with E-state index in [4.69, 9.17) is 0 Å². The molecule has 2 rings (SSSR count). The summed E-state index contributed by atoms with van der Waals surface area (Å²) < 4.78 is 13.8. The maximum atomic E-state index is 13.8. The fourth-order valence-corrected chi connectivity index (χ4v) is 2.79. The molecular formula is C19H24FN. The van der Waals surface area contributed by atoms with Gasteiger partial charge in [-0.2, -0.15) is 0 Å². The first kappa shape index (κ1) is 15.7. The van der Waals surface area contributed by atoms with E-state index >= 15 is 0 Å². The van der Waals surface area contributed by atoms with Gasteiger partial charge in [-0.15, -0.1) is 0 Å². The van der Waals surface area contributed by atoms with Gasteiger partial charge in [0.25, 0.3) is 0 Å². The number of halogens is 1. The van der Waals surface area contributed by atoms with Crippen LogP contribution in [-0.2, 0) is 6.42 Å². The highest BCUT2D eigenvalue weighted by atomic mass is 19.1. The van der Waals surface area contributed by atoms with Crippen LogP contribution < -0.4 is 5.32 Å². The minimum Gasteiger partial charge on any atom is -0.310 e. The predicted octanol–water partition coefficient (Wildman–Crippen LogP) is 4.64. The molecule has 0 aliphatic carbocycles. The van der Waals surface area contributed by atoms with Crippen molar-refractivity contribution in [1.82, 2.24) is 5.32 Å². The summed E-state index contributed by atoms with van der Waals surface area (Å²) in [4.78, 5) is 0. The summed E-state index contributed by atoms with van der Waals surface area (Å²) in [5.74, 6) is -0.0927. The monoisotopic (exact) mass is 285 g/mol. The molecule has 1 nitrogen and oxygen atoms in total. The standard InChI is InChI=1S/C19H24FN/c1-5-21-18(12-16-9-7-6-8-13(16)2)17-10-14(3)19(20)15(4)11-17/h6-11,18,21H,5,12H2,1-4H3. The van der Waals surface area contributed by atoms with Crippen LogP contribution in [0.2, 0.25) is 0 Å². The average Bonchev–Trinajstić information content (AvgIpc) is 2.46. The van der Waals surface area contributed by atoms with E-state index in [1.54, 1.807) is 0 Å². The number of likely N-dealkylation sites (N-methyl/N-ethyl adjacent to an activating group) is 1. The lowest BCUT2D eigenvalue weighted by Crippen LogP contribution is -2.23. The van der Waals surface area contributed by atoms with E-state index in [1.165, 1.54) is 11.1 Å². The molecule has 0 aliphatic rings. The summed E-state index contributed by atoms with van der Waals surface area (Å²) in [7, 11) is 0. The summed E-state index contributed by atoms with van der Waals surface area (Å²) in [5, 5.41) is 3.53. The molecule has 2 aromatic carbocycles. The van der Waals surface area contributed by atoms with Crippen LogP contribution in [-0.4, -0.2) is 6.54 Å². The second-order valence-corrected chi connectivity index (χ2v) is 5.71. The summed E-state index contributed by atoms with van der Waals surface area (Å²) in [5.41, 5.74) is 5.24. The number of hydrogen-bond acceptors (Lipinski definition) is 1.